The number of hydrogen-bond acceptors (Lipinski definition) is 4. The summed E-state index contributed by atoms with van der Waals surface area (Å²) in [6.07, 6.45) is 1.40. The van der Waals surface area contributed by atoms with Gasteiger partial charge in [0.2, 0.25) is 5.91 Å². The van der Waals surface area contributed by atoms with Crippen molar-refractivity contribution in [1.82, 2.24) is 9.55 Å². The van der Waals surface area contributed by atoms with Crippen LogP contribution < -0.4 is 10.9 Å². The van der Waals surface area contributed by atoms with Gasteiger partial charge in [-0.1, -0.05) is 15.9 Å². The largest absolute Gasteiger partial charge is 0.325 e. The van der Waals surface area contributed by atoms with E-state index in [0.29, 0.717) is 15.9 Å². The van der Waals surface area contributed by atoms with Crippen LogP contribution >= 0.6 is 27.3 Å². The average Bonchev–Trinajstić information content (AvgIpc) is 2.94. The molecular weight excluding hydrogens is 354 g/mol. The molecule has 21 heavy (non-hydrogen) atoms. The van der Waals surface area contributed by atoms with Crippen molar-refractivity contribution in [3.63, 3.8) is 0 Å². The maximum absolute atomic E-state index is 12.2. The van der Waals surface area contributed by atoms with Crippen LogP contribution in [0.1, 0.15) is 0 Å². The van der Waals surface area contributed by atoms with Crippen molar-refractivity contribution in [3.05, 3.63) is 56.9 Å². The predicted molar refractivity (Wildman–Crippen MR) is 86.7 cm³/mol. The Bertz CT molecular complexity index is 855. The van der Waals surface area contributed by atoms with Crippen LogP contribution in [-0.2, 0) is 11.3 Å². The maximum Gasteiger partial charge on any atom is 0.271 e. The zero-order valence-corrected chi connectivity index (χ0v) is 13.1. The lowest BCUT2D eigenvalue weighted by atomic mass is 10.3. The van der Waals surface area contributed by atoms with Gasteiger partial charge in [-0.15, -0.1) is 11.3 Å². The third-order valence-corrected chi connectivity index (χ3v) is 4.30. The number of fused-ring (bicyclic) bond motifs is 1. The molecule has 0 aliphatic heterocycles. The number of halogens is 1. The minimum atomic E-state index is -0.267. The fourth-order valence-corrected chi connectivity index (χ4v) is 2.94. The standard InChI is InChI=1S/C14H10BrN3O2S/c15-9-1-3-10(4-2-9)17-12(19)7-18-8-16-11-5-6-21-13(11)14(18)20/h1-6,8H,7H2,(H,17,19). The van der Waals surface area contributed by atoms with Crippen LogP contribution in [0.5, 0.6) is 0 Å². The molecular formula is C14H10BrN3O2S. The smallest absolute Gasteiger partial charge is 0.271 e. The molecule has 0 aliphatic carbocycles. The molecule has 1 N–H and O–H groups in total. The van der Waals surface area contributed by atoms with Gasteiger partial charge in [-0.3, -0.25) is 14.2 Å². The van der Waals surface area contributed by atoms with Crippen LogP contribution in [0.2, 0.25) is 0 Å². The Morgan fingerprint density at radius 1 is 1.29 bits per heavy atom. The van der Waals surface area contributed by atoms with Gasteiger partial charge in [0.05, 0.1) is 11.8 Å². The number of nitrogens with zero attached hydrogens (tertiary/aromatic N) is 2. The molecule has 5 nitrogen and oxygen atoms in total. The summed E-state index contributed by atoms with van der Waals surface area (Å²) in [6.45, 7) is -0.0598. The molecule has 0 bridgehead atoms. The van der Waals surface area contributed by atoms with E-state index >= 15 is 0 Å². The molecule has 0 atom stereocenters. The second kappa shape index (κ2) is 5.79. The Hall–Kier alpha value is -1.99. The SMILES string of the molecule is O=C(Cn1cnc2ccsc2c1=O)Nc1ccc(Br)cc1. The molecule has 0 radical (unpaired) electrons. The van der Waals surface area contributed by atoms with Crippen LogP contribution in [-0.4, -0.2) is 15.5 Å². The molecule has 106 valence electrons. The summed E-state index contributed by atoms with van der Waals surface area (Å²) in [7, 11) is 0. The van der Waals surface area contributed by atoms with Crippen molar-refractivity contribution in [2.24, 2.45) is 0 Å². The molecule has 0 saturated heterocycles. The van der Waals surface area contributed by atoms with Crippen molar-refractivity contribution in [2.45, 2.75) is 6.54 Å². The van der Waals surface area contributed by atoms with Gasteiger partial charge < -0.3 is 5.32 Å². The highest BCUT2D eigenvalue weighted by atomic mass is 79.9. The van der Waals surface area contributed by atoms with Gasteiger partial charge in [-0.25, -0.2) is 4.98 Å². The molecule has 0 saturated carbocycles. The number of thiophene rings is 1. The average molecular weight is 364 g/mol. The molecule has 1 amide bonds. The molecule has 2 aromatic heterocycles. The number of aromatic nitrogens is 2. The summed E-state index contributed by atoms with van der Waals surface area (Å²) in [5.41, 5.74) is 1.15. The van der Waals surface area contributed by atoms with E-state index < -0.39 is 0 Å². The number of hydrogen-bond donors (Lipinski definition) is 1. The summed E-state index contributed by atoms with van der Waals surface area (Å²) >= 11 is 4.66. The Labute approximate surface area is 132 Å². The number of anilines is 1. The summed E-state index contributed by atoms with van der Waals surface area (Å²) in [5.74, 6) is -0.267. The quantitative estimate of drug-likeness (QED) is 0.777. The summed E-state index contributed by atoms with van der Waals surface area (Å²) in [5, 5.41) is 4.55. The van der Waals surface area contributed by atoms with E-state index in [9.17, 15) is 9.59 Å². The third kappa shape index (κ3) is 3.03. The molecule has 1 aromatic carbocycles. The van der Waals surface area contributed by atoms with Crippen molar-refractivity contribution < 1.29 is 4.79 Å². The Kier molecular flexibility index (Phi) is 3.85. The molecule has 7 heteroatoms. The van der Waals surface area contributed by atoms with Crippen LogP contribution in [0.3, 0.4) is 0 Å². The van der Waals surface area contributed by atoms with Gasteiger partial charge in [0.15, 0.2) is 0 Å². The van der Waals surface area contributed by atoms with E-state index in [1.54, 1.807) is 18.2 Å². The first kappa shape index (κ1) is 14.0. The summed E-state index contributed by atoms with van der Waals surface area (Å²) < 4.78 is 2.81. The fraction of sp³-hybridized carbons (Fsp3) is 0.0714. The minimum Gasteiger partial charge on any atom is -0.325 e. The Balaban J connectivity index is 1.78. The molecule has 0 unspecified atom stereocenters. The number of nitrogens with one attached hydrogen (secondary N) is 1. The lowest BCUT2D eigenvalue weighted by Gasteiger charge is -2.07. The first-order chi connectivity index (χ1) is 10.1. The number of rotatable bonds is 3. The maximum atomic E-state index is 12.2. The Morgan fingerprint density at radius 2 is 2.05 bits per heavy atom. The first-order valence-electron chi connectivity index (χ1n) is 6.11. The van der Waals surface area contributed by atoms with Gasteiger partial charge >= 0.3 is 0 Å². The fourth-order valence-electron chi connectivity index (χ4n) is 1.88. The van der Waals surface area contributed by atoms with Crippen molar-refractivity contribution in [3.8, 4) is 0 Å². The lowest BCUT2D eigenvalue weighted by Crippen LogP contribution is -2.27. The summed E-state index contributed by atoms with van der Waals surface area (Å²) in [6, 6.07) is 9.02. The highest BCUT2D eigenvalue weighted by Gasteiger charge is 2.09. The van der Waals surface area contributed by atoms with Gasteiger partial charge in [0.1, 0.15) is 11.2 Å². The van der Waals surface area contributed by atoms with Crippen molar-refractivity contribution in [1.29, 1.82) is 0 Å². The molecule has 2 heterocycles. The van der Waals surface area contributed by atoms with E-state index in [1.807, 2.05) is 17.5 Å². The number of carbonyl (C=O) groups excluding carboxylic acids is 1. The van der Waals surface area contributed by atoms with Gasteiger partial charge in [0, 0.05) is 10.2 Å². The minimum absolute atomic E-state index is 0.0598. The number of benzene rings is 1. The predicted octanol–water partition coefficient (Wildman–Crippen LogP) is 2.86. The summed E-state index contributed by atoms with van der Waals surface area (Å²) in [4.78, 5) is 28.3. The van der Waals surface area contributed by atoms with E-state index in [4.69, 9.17) is 0 Å². The molecule has 0 aliphatic rings. The first-order valence-corrected chi connectivity index (χ1v) is 7.79. The zero-order valence-electron chi connectivity index (χ0n) is 10.7. The Morgan fingerprint density at radius 3 is 2.81 bits per heavy atom. The highest BCUT2D eigenvalue weighted by molar-refractivity contribution is 9.10. The van der Waals surface area contributed by atoms with Crippen molar-refractivity contribution in [2.75, 3.05) is 5.32 Å². The van der Waals surface area contributed by atoms with Crippen LogP contribution in [0, 0.1) is 0 Å². The zero-order chi connectivity index (χ0) is 14.8. The monoisotopic (exact) mass is 363 g/mol. The van der Waals surface area contributed by atoms with Crippen LogP contribution in [0.4, 0.5) is 5.69 Å². The van der Waals surface area contributed by atoms with Gasteiger partial charge in [-0.05, 0) is 35.7 Å². The second-order valence-electron chi connectivity index (χ2n) is 4.37. The van der Waals surface area contributed by atoms with Crippen LogP contribution in [0.25, 0.3) is 10.2 Å². The molecule has 0 fully saturated rings. The molecule has 3 rings (SSSR count). The third-order valence-electron chi connectivity index (χ3n) is 2.88. The van der Waals surface area contributed by atoms with Gasteiger partial charge in [0.25, 0.3) is 5.56 Å². The highest BCUT2D eigenvalue weighted by Crippen LogP contribution is 2.15. The van der Waals surface area contributed by atoms with E-state index in [0.717, 1.165) is 4.47 Å². The van der Waals surface area contributed by atoms with Crippen molar-refractivity contribution >= 4 is 49.1 Å². The van der Waals surface area contributed by atoms with E-state index in [-0.39, 0.29) is 18.0 Å². The normalized spacial score (nSPS) is 10.7. The molecule has 3 aromatic rings. The lowest BCUT2D eigenvalue weighted by molar-refractivity contribution is -0.116. The topological polar surface area (TPSA) is 64.0 Å². The van der Waals surface area contributed by atoms with Crippen LogP contribution in [0.15, 0.2) is 51.3 Å². The van der Waals surface area contributed by atoms with Gasteiger partial charge in [-0.2, -0.15) is 0 Å². The number of amides is 1. The van der Waals surface area contributed by atoms with E-state index in [2.05, 4.69) is 26.2 Å². The molecule has 0 spiro atoms. The van der Waals surface area contributed by atoms with E-state index in [1.165, 1.54) is 22.2 Å². The second-order valence-corrected chi connectivity index (χ2v) is 6.20. The number of carbonyl (C=O) groups is 1.